The molecule has 1 heterocycles. The molecule has 2 rings (SSSR count). The van der Waals surface area contributed by atoms with Crippen LogP contribution in [0.15, 0.2) is 40.9 Å². The van der Waals surface area contributed by atoms with Crippen LogP contribution in [0.4, 0.5) is 0 Å². The number of aromatic nitrogens is 1. The van der Waals surface area contributed by atoms with Crippen LogP contribution in [0.3, 0.4) is 0 Å². The molecule has 1 aromatic heterocycles. The molecule has 0 saturated heterocycles. The van der Waals surface area contributed by atoms with Gasteiger partial charge in [-0.3, -0.25) is 4.98 Å². The van der Waals surface area contributed by atoms with Gasteiger partial charge in [-0.25, -0.2) is 4.21 Å². The molecule has 1 atom stereocenters. The standard InChI is InChI=1S/C14H16N2OS/c1-14(2,3)18(17)16-10-11-8-9-15-13-7-5-4-6-12(11)13/h4-10H,1-3H3/b16-10+/t18-/m1/s1. The Balaban J connectivity index is 2.38. The first-order valence-corrected chi connectivity index (χ1v) is 6.89. The first-order valence-electron chi connectivity index (χ1n) is 5.78. The van der Waals surface area contributed by atoms with E-state index >= 15 is 0 Å². The van der Waals surface area contributed by atoms with Gasteiger partial charge in [0.25, 0.3) is 0 Å². The Kier molecular flexibility index (Phi) is 3.57. The maximum atomic E-state index is 11.9. The summed E-state index contributed by atoms with van der Waals surface area (Å²) < 4.78 is 15.7. The molecular formula is C14H16N2OS. The second kappa shape index (κ2) is 4.98. The van der Waals surface area contributed by atoms with Crippen LogP contribution < -0.4 is 0 Å². The summed E-state index contributed by atoms with van der Waals surface area (Å²) in [5.74, 6) is 0. The smallest absolute Gasteiger partial charge is 0.144 e. The number of benzene rings is 1. The maximum Gasteiger partial charge on any atom is 0.144 e. The van der Waals surface area contributed by atoms with E-state index < -0.39 is 11.0 Å². The van der Waals surface area contributed by atoms with E-state index in [2.05, 4.69) is 9.38 Å². The fourth-order valence-corrected chi connectivity index (χ4v) is 2.02. The van der Waals surface area contributed by atoms with Gasteiger partial charge in [0.2, 0.25) is 0 Å². The average Bonchev–Trinajstić information content (AvgIpc) is 2.34. The fourth-order valence-electron chi connectivity index (χ4n) is 1.49. The monoisotopic (exact) mass is 260 g/mol. The van der Waals surface area contributed by atoms with Gasteiger partial charge in [-0.2, -0.15) is 4.40 Å². The zero-order valence-electron chi connectivity index (χ0n) is 10.8. The number of fused-ring (bicyclic) bond motifs is 1. The van der Waals surface area contributed by atoms with Crippen molar-refractivity contribution in [1.82, 2.24) is 4.98 Å². The molecule has 0 aliphatic carbocycles. The highest BCUT2D eigenvalue weighted by atomic mass is 32.2. The van der Waals surface area contributed by atoms with Gasteiger partial charge in [-0.15, -0.1) is 0 Å². The Labute approximate surface area is 110 Å². The predicted octanol–water partition coefficient (Wildman–Crippen LogP) is 3.12. The van der Waals surface area contributed by atoms with Crippen molar-refractivity contribution in [3.8, 4) is 0 Å². The van der Waals surface area contributed by atoms with Crippen LogP contribution in [0.25, 0.3) is 10.9 Å². The van der Waals surface area contributed by atoms with Gasteiger partial charge in [0, 0.05) is 23.4 Å². The number of para-hydroxylation sites is 1. The van der Waals surface area contributed by atoms with Crippen LogP contribution in [-0.4, -0.2) is 20.2 Å². The van der Waals surface area contributed by atoms with Crippen LogP contribution in [0.2, 0.25) is 0 Å². The van der Waals surface area contributed by atoms with Gasteiger partial charge in [0.1, 0.15) is 11.0 Å². The van der Waals surface area contributed by atoms with Gasteiger partial charge in [-0.1, -0.05) is 18.2 Å². The molecule has 18 heavy (non-hydrogen) atoms. The third kappa shape index (κ3) is 2.82. The minimum atomic E-state index is -1.23. The molecule has 0 spiro atoms. The Hall–Kier alpha value is -1.55. The van der Waals surface area contributed by atoms with E-state index in [4.69, 9.17) is 0 Å². The molecule has 0 aliphatic heterocycles. The number of rotatable bonds is 2. The Morgan fingerprint density at radius 3 is 2.67 bits per heavy atom. The molecule has 1 aromatic carbocycles. The van der Waals surface area contributed by atoms with Gasteiger partial charge < -0.3 is 0 Å². The molecule has 4 heteroatoms. The van der Waals surface area contributed by atoms with Crippen molar-refractivity contribution in [2.75, 3.05) is 0 Å². The van der Waals surface area contributed by atoms with Crippen LogP contribution in [0.1, 0.15) is 26.3 Å². The zero-order valence-corrected chi connectivity index (χ0v) is 11.6. The quantitative estimate of drug-likeness (QED) is 0.779. The fraction of sp³-hybridized carbons (Fsp3) is 0.286. The summed E-state index contributed by atoms with van der Waals surface area (Å²) in [6.07, 6.45) is 3.41. The number of nitrogens with zero attached hydrogens (tertiary/aromatic N) is 2. The second-order valence-corrected chi connectivity index (χ2v) is 6.95. The van der Waals surface area contributed by atoms with Crippen LogP contribution in [-0.2, 0) is 11.0 Å². The second-order valence-electron chi connectivity index (χ2n) is 5.01. The topological polar surface area (TPSA) is 42.3 Å². The molecular weight excluding hydrogens is 244 g/mol. The number of hydrogen-bond acceptors (Lipinski definition) is 2. The third-order valence-electron chi connectivity index (χ3n) is 2.49. The summed E-state index contributed by atoms with van der Waals surface area (Å²) in [6.45, 7) is 5.72. The molecule has 0 aliphatic rings. The summed E-state index contributed by atoms with van der Waals surface area (Å²) in [5.41, 5.74) is 1.86. The van der Waals surface area contributed by atoms with E-state index in [0.717, 1.165) is 16.5 Å². The van der Waals surface area contributed by atoms with Crippen LogP contribution in [0.5, 0.6) is 0 Å². The molecule has 0 fully saturated rings. The van der Waals surface area contributed by atoms with Crippen LogP contribution in [0, 0.1) is 0 Å². The minimum absolute atomic E-state index is 0.334. The van der Waals surface area contributed by atoms with E-state index in [0.29, 0.717) is 0 Å². The highest BCUT2D eigenvalue weighted by Gasteiger charge is 2.18. The van der Waals surface area contributed by atoms with Crippen molar-refractivity contribution in [3.63, 3.8) is 0 Å². The predicted molar refractivity (Wildman–Crippen MR) is 77.2 cm³/mol. The van der Waals surface area contributed by atoms with Gasteiger partial charge in [0.15, 0.2) is 0 Å². The molecule has 0 amide bonds. The minimum Gasteiger partial charge on any atom is -0.256 e. The van der Waals surface area contributed by atoms with E-state index in [1.165, 1.54) is 0 Å². The van der Waals surface area contributed by atoms with Crippen molar-refractivity contribution >= 4 is 28.1 Å². The van der Waals surface area contributed by atoms with Gasteiger partial charge in [-0.05, 0) is 32.9 Å². The van der Waals surface area contributed by atoms with Crippen molar-refractivity contribution in [3.05, 3.63) is 42.1 Å². The first-order chi connectivity index (χ1) is 8.48. The highest BCUT2D eigenvalue weighted by molar-refractivity contribution is 7.85. The molecule has 3 nitrogen and oxygen atoms in total. The lowest BCUT2D eigenvalue weighted by Crippen LogP contribution is -2.19. The highest BCUT2D eigenvalue weighted by Crippen LogP contribution is 2.16. The molecule has 94 valence electrons. The average molecular weight is 260 g/mol. The molecule has 0 N–H and O–H groups in total. The van der Waals surface area contributed by atoms with Crippen LogP contribution >= 0.6 is 0 Å². The summed E-state index contributed by atoms with van der Waals surface area (Å²) in [4.78, 5) is 4.28. The van der Waals surface area contributed by atoms with E-state index in [9.17, 15) is 4.21 Å². The molecule has 0 radical (unpaired) electrons. The normalized spacial score (nSPS) is 14.2. The summed E-state index contributed by atoms with van der Waals surface area (Å²) in [7, 11) is -1.23. The molecule has 0 saturated carbocycles. The SMILES string of the molecule is CC(C)(C)[S@@](=O)/N=C/c1ccnc2ccccc12. The lowest BCUT2D eigenvalue weighted by Gasteiger charge is -2.12. The summed E-state index contributed by atoms with van der Waals surface area (Å²) >= 11 is 0. The summed E-state index contributed by atoms with van der Waals surface area (Å²) in [5, 5.41) is 1.02. The van der Waals surface area contributed by atoms with Crippen molar-refractivity contribution in [2.24, 2.45) is 4.40 Å². The molecule has 0 bridgehead atoms. The van der Waals surface area contributed by atoms with Gasteiger partial charge in [0.05, 0.1) is 10.3 Å². The summed E-state index contributed by atoms with van der Waals surface area (Å²) in [6, 6.07) is 9.73. The number of hydrogen-bond donors (Lipinski definition) is 0. The lowest BCUT2D eigenvalue weighted by atomic mass is 10.1. The first kappa shape index (κ1) is 12.9. The van der Waals surface area contributed by atoms with E-state index in [1.807, 2.05) is 51.1 Å². The van der Waals surface area contributed by atoms with Gasteiger partial charge >= 0.3 is 0 Å². The maximum absolute atomic E-state index is 11.9. The molecule has 0 unspecified atom stereocenters. The Morgan fingerprint density at radius 2 is 1.94 bits per heavy atom. The van der Waals surface area contributed by atoms with Crippen molar-refractivity contribution < 1.29 is 4.21 Å². The lowest BCUT2D eigenvalue weighted by molar-refractivity contribution is 0.651. The number of pyridine rings is 1. The Morgan fingerprint density at radius 1 is 1.22 bits per heavy atom. The van der Waals surface area contributed by atoms with E-state index in [1.54, 1.807) is 12.4 Å². The molecule has 2 aromatic rings. The van der Waals surface area contributed by atoms with E-state index in [-0.39, 0.29) is 4.75 Å². The Bertz CT molecular complexity index is 609. The van der Waals surface area contributed by atoms with Crippen molar-refractivity contribution in [2.45, 2.75) is 25.5 Å². The third-order valence-corrected chi connectivity index (χ3v) is 3.84. The largest absolute Gasteiger partial charge is 0.256 e. The zero-order chi connectivity index (χ0) is 13.2. The van der Waals surface area contributed by atoms with Crippen molar-refractivity contribution in [1.29, 1.82) is 0 Å².